The van der Waals surface area contributed by atoms with Crippen molar-refractivity contribution in [2.24, 2.45) is 0 Å². The van der Waals surface area contributed by atoms with Crippen LogP contribution in [0.25, 0.3) is 6.08 Å². The number of carbonyl (C=O) groups is 1. The average Bonchev–Trinajstić information content (AvgIpc) is 2.61. The Morgan fingerprint density at radius 1 is 1.31 bits per heavy atom. The zero-order valence-corrected chi connectivity index (χ0v) is 16.6. The molecule has 4 nitrogen and oxygen atoms in total. The second kappa shape index (κ2) is 9.32. The first kappa shape index (κ1) is 19.9. The molecule has 0 spiro atoms. The Bertz CT molecular complexity index is 897. The molecule has 0 aromatic heterocycles. The van der Waals surface area contributed by atoms with Gasteiger partial charge in [0.05, 0.1) is 14.6 Å². The molecule has 0 aliphatic heterocycles. The van der Waals surface area contributed by atoms with Crippen LogP contribution < -0.4 is 10.1 Å². The van der Waals surface area contributed by atoms with Gasteiger partial charge in [-0.05, 0) is 67.8 Å². The lowest BCUT2D eigenvalue weighted by Crippen LogP contribution is -2.14. The highest BCUT2D eigenvalue weighted by atomic mass is 79.9. The number of nitrogens with one attached hydrogen (secondary N) is 1. The topological polar surface area (TPSA) is 62.1 Å². The Labute approximate surface area is 167 Å². The van der Waals surface area contributed by atoms with Gasteiger partial charge in [-0.1, -0.05) is 24.8 Å². The summed E-state index contributed by atoms with van der Waals surface area (Å²) in [5.41, 5.74) is 0.441. The maximum Gasteiger partial charge on any atom is 0.266 e. The molecule has 26 heavy (non-hydrogen) atoms. The van der Waals surface area contributed by atoms with Crippen LogP contribution in [-0.2, 0) is 4.79 Å². The second-order valence-corrected chi connectivity index (χ2v) is 6.73. The first-order valence-electron chi connectivity index (χ1n) is 7.36. The first-order chi connectivity index (χ1) is 12.5. The highest BCUT2D eigenvalue weighted by Gasteiger charge is 2.13. The summed E-state index contributed by atoms with van der Waals surface area (Å²) in [4.78, 5) is 12.3. The summed E-state index contributed by atoms with van der Waals surface area (Å²) >= 11 is 6.78. The maximum atomic E-state index is 13.6. The highest BCUT2D eigenvalue weighted by molar-refractivity contribution is 9.11. The minimum atomic E-state index is -0.697. The molecule has 0 saturated heterocycles. The Balaban J connectivity index is 2.28. The lowest BCUT2D eigenvalue weighted by atomic mass is 10.1. The molecule has 0 radical (unpaired) electrons. The molecule has 0 unspecified atom stereocenters. The third-order valence-corrected chi connectivity index (χ3v) is 4.34. The standard InChI is InChI=1S/C19H13Br2FN2O2/c1-2-7-26-18-14(20)9-12(10-15(18)21)8-13(11-23)19(25)24-17-6-4-3-5-16(17)22/h2-6,8-10H,1,7H2,(H,24,25)/b13-8+. The van der Waals surface area contributed by atoms with E-state index in [9.17, 15) is 14.4 Å². The Hall–Kier alpha value is -2.43. The van der Waals surface area contributed by atoms with Crippen molar-refractivity contribution in [2.45, 2.75) is 0 Å². The van der Waals surface area contributed by atoms with E-state index >= 15 is 0 Å². The van der Waals surface area contributed by atoms with E-state index in [2.05, 4.69) is 43.8 Å². The van der Waals surface area contributed by atoms with Crippen molar-refractivity contribution in [1.82, 2.24) is 0 Å². The molecule has 0 saturated carbocycles. The van der Waals surface area contributed by atoms with E-state index in [-0.39, 0.29) is 11.3 Å². The molecule has 0 fully saturated rings. The van der Waals surface area contributed by atoms with Gasteiger partial charge in [0.1, 0.15) is 29.8 Å². The van der Waals surface area contributed by atoms with E-state index in [4.69, 9.17) is 4.74 Å². The average molecular weight is 480 g/mol. The fourth-order valence-electron chi connectivity index (χ4n) is 2.01. The molecule has 0 atom stereocenters. The van der Waals surface area contributed by atoms with Crippen LogP contribution in [0.5, 0.6) is 5.75 Å². The van der Waals surface area contributed by atoms with E-state index < -0.39 is 11.7 Å². The Morgan fingerprint density at radius 3 is 2.54 bits per heavy atom. The zero-order chi connectivity index (χ0) is 19.1. The zero-order valence-electron chi connectivity index (χ0n) is 13.4. The molecule has 132 valence electrons. The largest absolute Gasteiger partial charge is 0.487 e. The number of hydrogen-bond donors (Lipinski definition) is 1. The van der Waals surface area contributed by atoms with Crippen molar-refractivity contribution >= 4 is 49.5 Å². The van der Waals surface area contributed by atoms with E-state index in [1.807, 2.05) is 6.07 Å². The summed E-state index contributed by atoms with van der Waals surface area (Å²) in [5, 5.41) is 11.7. The van der Waals surface area contributed by atoms with Crippen LogP contribution in [0, 0.1) is 17.1 Å². The van der Waals surface area contributed by atoms with Crippen molar-refractivity contribution < 1.29 is 13.9 Å². The quantitative estimate of drug-likeness (QED) is 0.340. The number of nitriles is 1. The van der Waals surface area contributed by atoms with Gasteiger partial charge in [0, 0.05) is 0 Å². The van der Waals surface area contributed by atoms with Crippen LogP contribution in [0.3, 0.4) is 0 Å². The maximum absolute atomic E-state index is 13.6. The third kappa shape index (κ3) is 5.04. The molecular weight excluding hydrogens is 467 g/mol. The second-order valence-electron chi connectivity index (χ2n) is 5.02. The van der Waals surface area contributed by atoms with Crippen molar-refractivity contribution in [2.75, 3.05) is 11.9 Å². The van der Waals surface area contributed by atoms with Gasteiger partial charge in [-0.3, -0.25) is 4.79 Å². The summed E-state index contributed by atoms with van der Waals surface area (Å²) in [5.74, 6) is -0.694. The van der Waals surface area contributed by atoms with Gasteiger partial charge >= 0.3 is 0 Å². The molecule has 0 aliphatic carbocycles. The molecule has 2 aromatic carbocycles. The predicted molar refractivity (Wildman–Crippen MR) is 106 cm³/mol. The third-order valence-electron chi connectivity index (χ3n) is 3.16. The summed E-state index contributed by atoms with van der Waals surface area (Å²) in [6.07, 6.45) is 3.02. The van der Waals surface area contributed by atoms with Crippen molar-refractivity contribution in [1.29, 1.82) is 5.26 Å². The van der Waals surface area contributed by atoms with Crippen LogP contribution in [0.4, 0.5) is 10.1 Å². The lowest BCUT2D eigenvalue weighted by molar-refractivity contribution is -0.112. The van der Waals surface area contributed by atoms with Crippen LogP contribution in [0.15, 0.2) is 63.6 Å². The number of para-hydroxylation sites is 1. The van der Waals surface area contributed by atoms with Gasteiger partial charge < -0.3 is 10.1 Å². The molecule has 1 N–H and O–H groups in total. The van der Waals surface area contributed by atoms with E-state index in [1.165, 1.54) is 24.3 Å². The molecule has 2 rings (SSSR count). The lowest BCUT2D eigenvalue weighted by Gasteiger charge is -2.10. The number of benzene rings is 2. The summed E-state index contributed by atoms with van der Waals surface area (Å²) in [7, 11) is 0. The number of amides is 1. The fourth-order valence-corrected chi connectivity index (χ4v) is 3.46. The number of ether oxygens (including phenoxy) is 1. The van der Waals surface area contributed by atoms with Crippen LogP contribution >= 0.6 is 31.9 Å². The predicted octanol–water partition coefficient (Wildman–Crippen LogP) is 5.46. The molecule has 1 amide bonds. The van der Waals surface area contributed by atoms with Gasteiger partial charge in [-0.15, -0.1) is 0 Å². The highest BCUT2D eigenvalue weighted by Crippen LogP contribution is 2.35. The fraction of sp³-hybridized carbons (Fsp3) is 0.0526. The molecular formula is C19H13Br2FN2O2. The summed E-state index contributed by atoms with van der Waals surface area (Å²) < 4.78 is 20.5. The monoisotopic (exact) mass is 478 g/mol. The number of halogens is 3. The van der Waals surface area contributed by atoms with E-state index in [1.54, 1.807) is 24.3 Å². The van der Waals surface area contributed by atoms with Gasteiger partial charge in [-0.2, -0.15) is 5.26 Å². The number of carbonyl (C=O) groups excluding carboxylic acids is 1. The van der Waals surface area contributed by atoms with Crippen molar-refractivity contribution in [3.63, 3.8) is 0 Å². The molecule has 0 bridgehead atoms. The number of rotatable bonds is 6. The minimum absolute atomic E-state index is 0.00850. The van der Waals surface area contributed by atoms with Crippen molar-refractivity contribution in [3.8, 4) is 11.8 Å². The van der Waals surface area contributed by atoms with Gasteiger partial charge in [-0.25, -0.2) is 4.39 Å². The minimum Gasteiger partial charge on any atom is -0.487 e. The van der Waals surface area contributed by atoms with Gasteiger partial charge in [0.2, 0.25) is 0 Å². The normalized spacial score (nSPS) is 10.8. The first-order valence-corrected chi connectivity index (χ1v) is 8.95. The number of hydrogen-bond acceptors (Lipinski definition) is 3. The van der Waals surface area contributed by atoms with Gasteiger partial charge in [0.25, 0.3) is 5.91 Å². The smallest absolute Gasteiger partial charge is 0.266 e. The van der Waals surface area contributed by atoms with Crippen molar-refractivity contribution in [3.05, 3.63) is 75.0 Å². The van der Waals surface area contributed by atoms with Crippen LogP contribution in [-0.4, -0.2) is 12.5 Å². The van der Waals surface area contributed by atoms with Gasteiger partial charge in [0.15, 0.2) is 0 Å². The molecule has 2 aromatic rings. The number of anilines is 1. The number of nitrogens with zero attached hydrogens (tertiary/aromatic N) is 1. The summed E-state index contributed by atoms with van der Waals surface area (Å²) in [6, 6.07) is 11.0. The van der Waals surface area contributed by atoms with Crippen LogP contribution in [0.1, 0.15) is 5.56 Å². The molecule has 0 heterocycles. The summed E-state index contributed by atoms with van der Waals surface area (Å²) in [6.45, 7) is 3.92. The Kier molecular flexibility index (Phi) is 7.13. The molecule has 0 aliphatic rings. The van der Waals surface area contributed by atoms with E-state index in [0.717, 1.165) is 0 Å². The van der Waals surface area contributed by atoms with Crippen LogP contribution in [0.2, 0.25) is 0 Å². The molecule has 7 heteroatoms. The SMILES string of the molecule is C=CCOc1c(Br)cc(/C=C(\C#N)C(=O)Nc2ccccc2F)cc1Br. The van der Waals surface area contributed by atoms with E-state index in [0.29, 0.717) is 26.9 Å². The Morgan fingerprint density at radius 2 is 1.96 bits per heavy atom.